The molecule has 9 nitrogen and oxygen atoms in total. The van der Waals surface area contributed by atoms with Gasteiger partial charge in [-0.05, 0) is 27.8 Å². The molecule has 6 rings (SSSR count). The third-order valence-electron chi connectivity index (χ3n) is 9.76. The predicted molar refractivity (Wildman–Crippen MR) is 215 cm³/mol. The van der Waals surface area contributed by atoms with Crippen molar-refractivity contribution in [3.05, 3.63) is 192 Å². The summed E-state index contributed by atoms with van der Waals surface area (Å²) in [6, 6.07) is 45.5. The number of rotatable bonds is 21. The Morgan fingerprint density at radius 1 is 0.525 bits per heavy atom. The fourth-order valence-electron chi connectivity index (χ4n) is 6.90. The Balaban J connectivity index is 1.56. The molecule has 0 N–H and O–H groups in total. The van der Waals surface area contributed by atoms with Gasteiger partial charge in [-0.2, -0.15) is 21.6 Å². The van der Waals surface area contributed by atoms with Gasteiger partial charge in [0.2, 0.25) is 0 Å². The highest BCUT2D eigenvalue weighted by molar-refractivity contribution is 7.87. The van der Waals surface area contributed by atoms with Crippen molar-refractivity contribution in [2.45, 2.75) is 74.7 Å². The second kappa shape index (κ2) is 21.0. The van der Waals surface area contributed by atoms with Crippen LogP contribution in [0.2, 0.25) is 0 Å². The molecule has 0 unspecified atom stereocenters. The minimum atomic E-state index is -6.33. The highest BCUT2D eigenvalue weighted by Crippen LogP contribution is 2.45. The van der Waals surface area contributed by atoms with Gasteiger partial charge in [0.05, 0.1) is 46.2 Å². The average molecular weight is 833 g/mol. The van der Waals surface area contributed by atoms with Crippen LogP contribution >= 0.6 is 0 Å². The van der Waals surface area contributed by atoms with Gasteiger partial charge >= 0.3 is 15.6 Å². The molecule has 0 heterocycles. The fourth-order valence-corrected chi connectivity index (χ4v) is 7.56. The molecule has 5 aromatic carbocycles. The first-order valence-corrected chi connectivity index (χ1v) is 20.5. The zero-order valence-electron chi connectivity index (χ0n) is 32.3. The molecule has 1 fully saturated rings. The van der Waals surface area contributed by atoms with E-state index in [1.165, 1.54) is 6.08 Å². The van der Waals surface area contributed by atoms with Gasteiger partial charge in [-0.1, -0.05) is 158 Å². The average Bonchev–Trinajstić information content (AvgIpc) is 3.25. The summed E-state index contributed by atoms with van der Waals surface area (Å²) >= 11 is 0. The van der Waals surface area contributed by atoms with E-state index in [0.29, 0.717) is 11.1 Å². The topological polar surface area (TPSA) is 98.8 Å². The van der Waals surface area contributed by atoms with Gasteiger partial charge in [0.25, 0.3) is 0 Å². The number of benzene rings is 5. The normalized spacial score (nSPS) is 22.2. The smallest absolute Gasteiger partial charge is 0.374 e. The Morgan fingerprint density at radius 2 is 0.915 bits per heavy atom. The number of ether oxygens (including phenoxy) is 6. The van der Waals surface area contributed by atoms with Crippen molar-refractivity contribution < 1.29 is 54.2 Å². The van der Waals surface area contributed by atoms with Gasteiger partial charge < -0.3 is 28.4 Å². The molecule has 0 amide bonds. The first-order chi connectivity index (χ1) is 28.6. The van der Waals surface area contributed by atoms with Crippen LogP contribution in [0.3, 0.4) is 0 Å². The Morgan fingerprint density at radius 3 is 1.36 bits per heavy atom. The number of halogens is 3. The predicted octanol–water partition coefficient (Wildman–Crippen LogP) is 8.73. The molecule has 5 aromatic rings. The van der Waals surface area contributed by atoms with Crippen LogP contribution in [-0.4, -0.2) is 63.3 Å². The van der Waals surface area contributed by atoms with Gasteiger partial charge in [-0.15, -0.1) is 6.58 Å². The van der Waals surface area contributed by atoms with Crippen LogP contribution in [0, 0.1) is 0 Å². The van der Waals surface area contributed by atoms with E-state index < -0.39 is 58.4 Å². The molecule has 0 saturated heterocycles. The summed E-state index contributed by atoms with van der Waals surface area (Å²) in [6.45, 7) is 2.60. The highest BCUT2D eigenvalue weighted by atomic mass is 32.2. The number of hydrogen-bond acceptors (Lipinski definition) is 9. The van der Waals surface area contributed by atoms with Gasteiger partial charge in [0.1, 0.15) is 30.5 Å². The standard InChI is InChI=1S/C46H47F3O9S/c1-2-28-53-42-40(54-30-36-20-10-4-11-21-36)41(55-31-37-22-12-5-13-23-37)43(56-32-38-24-14-6-15-25-38)45(57-33-39-26-16-7-17-27-39,34-52-29-35-18-8-3-9-19-35)44(42)58-59(50,51)46(47,48)49/h2-27,40-44H,1,28-34H2/t40-,41-,42-,43+,44+,45+/m1/s1. The van der Waals surface area contributed by atoms with Gasteiger partial charge in [0.15, 0.2) is 5.60 Å². The second-order valence-corrected chi connectivity index (χ2v) is 15.5. The van der Waals surface area contributed by atoms with E-state index in [2.05, 4.69) is 6.58 Å². The highest BCUT2D eigenvalue weighted by Gasteiger charge is 2.66. The lowest BCUT2D eigenvalue weighted by molar-refractivity contribution is -0.323. The molecule has 1 aliphatic rings. The van der Waals surface area contributed by atoms with Crippen molar-refractivity contribution in [3.63, 3.8) is 0 Å². The van der Waals surface area contributed by atoms with Crippen molar-refractivity contribution in [3.8, 4) is 0 Å². The van der Waals surface area contributed by atoms with E-state index in [1.54, 1.807) is 30.3 Å². The van der Waals surface area contributed by atoms with E-state index in [4.69, 9.17) is 32.6 Å². The van der Waals surface area contributed by atoms with Crippen LogP contribution in [0.25, 0.3) is 0 Å². The third kappa shape index (κ3) is 11.7. The lowest BCUT2D eigenvalue weighted by Crippen LogP contribution is -2.75. The molecular weight excluding hydrogens is 786 g/mol. The van der Waals surface area contributed by atoms with Crippen LogP contribution in [0.5, 0.6) is 0 Å². The SMILES string of the molecule is C=CCO[C@@H]1[C@H](OCc2ccccc2)[C@@H](OCc2ccccc2)[C@H](OCc2ccccc2)[C@](COCc2ccccc2)(OCc2ccccc2)[C@H]1OS(=O)(=O)C(F)(F)F. The monoisotopic (exact) mass is 832 g/mol. The van der Waals surface area contributed by atoms with Gasteiger partial charge in [0, 0.05) is 0 Å². The Hall–Kier alpha value is -4.70. The summed E-state index contributed by atoms with van der Waals surface area (Å²) in [5, 5.41) is 0. The van der Waals surface area contributed by atoms with Crippen LogP contribution in [-0.2, 0) is 75.8 Å². The van der Waals surface area contributed by atoms with Crippen LogP contribution in [0.15, 0.2) is 164 Å². The first kappa shape index (κ1) is 43.9. The third-order valence-corrected chi connectivity index (χ3v) is 10.8. The Labute approximate surface area is 343 Å². The summed E-state index contributed by atoms with van der Waals surface area (Å²) in [5.41, 5.74) is -4.43. The van der Waals surface area contributed by atoms with E-state index in [9.17, 15) is 21.6 Å². The van der Waals surface area contributed by atoms with E-state index in [-0.39, 0.29) is 39.6 Å². The first-order valence-electron chi connectivity index (χ1n) is 19.1. The summed E-state index contributed by atoms with van der Waals surface area (Å²) in [6.07, 6.45) is -6.21. The Bertz CT molecular complexity index is 2100. The molecule has 1 aliphatic carbocycles. The molecule has 0 bridgehead atoms. The Kier molecular flexibility index (Phi) is 15.6. The van der Waals surface area contributed by atoms with Crippen molar-refractivity contribution in [1.82, 2.24) is 0 Å². The quantitative estimate of drug-likeness (QED) is 0.0409. The van der Waals surface area contributed by atoms with Crippen molar-refractivity contribution in [2.75, 3.05) is 13.2 Å². The molecule has 0 spiro atoms. The van der Waals surface area contributed by atoms with Gasteiger partial charge in [-0.3, -0.25) is 4.18 Å². The molecule has 0 aliphatic heterocycles. The van der Waals surface area contributed by atoms with E-state index in [0.717, 1.165) is 16.7 Å². The molecular formula is C46H47F3O9S. The molecule has 6 atom stereocenters. The van der Waals surface area contributed by atoms with E-state index >= 15 is 0 Å². The lowest BCUT2D eigenvalue weighted by atomic mass is 9.74. The number of alkyl halides is 3. The number of hydrogen-bond donors (Lipinski definition) is 0. The molecule has 59 heavy (non-hydrogen) atoms. The maximum absolute atomic E-state index is 14.5. The maximum Gasteiger partial charge on any atom is 0.523 e. The molecule has 312 valence electrons. The van der Waals surface area contributed by atoms with Gasteiger partial charge in [-0.25, -0.2) is 0 Å². The van der Waals surface area contributed by atoms with Crippen molar-refractivity contribution >= 4 is 10.1 Å². The fraction of sp³-hybridized carbons (Fsp3) is 0.304. The summed E-state index contributed by atoms with van der Waals surface area (Å²) in [4.78, 5) is 0. The summed E-state index contributed by atoms with van der Waals surface area (Å²) in [7, 11) is -6.33. The van der Waals surface area contributed by atoms with Crippen LogP contribution < -0.4 is 0 Å². The van der Waals surface area contributed by atoms with Crippen molar-refractivity contribution in [1.29, 1.82) is 0 Å². The zero-order chi connectivity index (χ0) is 41.6. The zero-order valence-corrected chi connectivity index (χ0v) is 33.1. The molecule has 0 aromatic heterocycles. The van der Waals surface area contributed by atoms with Crippen LogP contribution in [0.4, 0.5) is 13.2 Å². The molecule has 0 radical (unpaired) electrons. The van der Waals surface area contributed by atoms with Crippen molar-refractivity contribution in [2.24, 2.45) is 0 Å². The van der Waals surface area contributed by atoms with E-state index in [1.807, 2.05) is 121 Å². The minimum absolute atomic E-state index is 0.00207. The van der Waals surface area contributed by atoms with Crippen LogP contribution in [0.1, 0.15) is 27.8 Å². The lowest BCUT2D eigenvalue weighted by Gasteiger charge is -2.55. The molecule has 13 heteroatoms. The molecule has 1 saturated carbocycles. The minimum Gasteiger partial charge on any atom is -0.374 e. The second-order valence-electron chi connectivity index (χ2n) is 14.0. The largest absolute Gasteiger partial charge is 0.523 e. The summed E-state index contributed by atoms with van der Waals surface area (Å²) < 4.78 is 115. The summed E-state index contributed by atoms with van der Waals surface area (Å²) in [5.74, 6) is 0. The maximum atomic E-state index is 14.5.